The van der Waals surface area contributed by atoms with E-state index in [9.17, 15) is 18.0 Å². The van der Waals surface area contributed by atoms with E-state index in [1.54, 1.807) is 23.1 Å². The van der Waals surface area contributed by atoms with E-state index in [-0.39, 0.29) is 36.1 Å². The number of nitrogens with zero attached hydrogens (tertiary/aromatic N) is 1. The van der Waals surface area contributed by atoms with E-state index in [0.717, 1.165) is 24.2 Å². The quantitative estimate of drug-likeness (QED) is 0.482. The van der Waals surface area contributed by atoms with Gasteiger partial charge >= 0.3 is 5.97 Å². The lowest BCUT2D eigenvalue weighted by Crippen LogP contribution is -2.44. The highest BCUT2D eigenvalue weighted by atomic mass is 32.2. The number of carbonyl (C=O) groups excluding carboxylic acids is 2. The number of carbonyl (C=O) groups is 2. The number of ether oxygens (including phenoxy) is 2. The summed E-state index contributed by atoms with van der Waals surface area (Å²) in [4.78, 5) is 26.1. The normalized spacial score (nSPS) is 20.8. The van der Waals surface area contributed by atoms with Crippen LogP contribution in [-0.4, -0.2) is 62.0 Å². The molecule has 1 aromatic carbocycles. The smallest absolute Gasteiger partial charge is 0.331 e. The van der Waals surface area contributed by atoms with Crippen LogP contribution in [0, 0.1) is 0 Å². The van der Waals surface area contributed by atoms with Gasteiger partial charge in [-0.05, 0) is 50.0 Å². The number of esters is 1. The number of sulfone groups is 1. The fourth-order valence-electron chi connectivity index (χ4n) is 3.31. The Hall–Kier alpha value is -2.35. The van der Waals surface area contributed by atoms with Crippen LogP contribution < -0.4 is 4.74 Å². The number of benzene rings is 1. The second kappa shape index (κ2) is 8.77. The Morgan fingerprint density at radius 1 is 1.14 bits per heavy atom. The van der Waals surface area contributed by atoms with Crippen molar-refractivity contribution in [1.82, 2.24) is 4.90 Å². The third-order valence-electron chi connectivity index (χ3n) is 4.77. The maximum Gasteiger partial charge on any atom is 0.331 e. The van der Waals surface area contributed by atoms with Crippen LogP contribution in [0.2, 0.25) is 0 Å². The molecule has 0 aromatic heterocycles. The third kappa shape index (κ3) is 5.58. The molecule has 1 saturated carbocycles. The highest BCUT2D eigenvalue weighted by molar-refractivity contribution is 7.91. The van der Waals surface area contributed by atoms with Gasteiger partial charge in [-0.15, -0.1) is 0 Å². The van der Waals surface area contributed by atoms with Crippen molar-refractivity contribution in [2.75, 3.05) is 24.7 Å². The first-order valence-corrected chi connectivity index (χ1v) is 11.3. The van der Waals surface area contributed by atoms with Gasteiger partial charge in [0.25, 0.3) is 5.91 Å². The maximum atomic E-state index is 12.5. The first-order chi connectivity index (χ1) is 13.4. The van der Waals surface area contributed by atoms with Crippen molar-refractivity contribution < 1.29 is 27.5 Å². The summed E-state index contributed by atoms with van der Waals surface area (Å²) >= 11 is 0. The standard InChI is InChI=1S/C20H25NO6S/c1-2-26-18-8-3-15(4-9-18)5-10-20(23)27-13-19(22)21(16-6-7-16)17-11-12-28(24,25)14-17/h3-5,8-10,16-17H,2,6-7,11-14H2,1H3/b10-5+/t17-/m1/s1. The number of rotatable bonds is 8. The molecule has 0 spiro atoms. The van der Waals surface area contributed by atoms with E-state index in [0.29, 0.717) is 13.0 Å². The van der Waals surface area contributed by atoms with E-state index >= 15 is 0 Å². The Morgan fingerprint density at radius 3 is 2.43 bits per heavy atom. The topological polar surface area (TPSA) is 90.0 Å². The van der Waals surface area contributed by atoms with Crippen molar-refractivity contribution in [3.8, 4) is 5.75 Å². The van der Waals surface area contributed by atoms with Gasteiger partial charge < -0.3 is 14.4 Å². The molecule has 28 heavy (non-hydrogen) atoms. The Balaban J connectivity index is 1.50. The molecule has 1 aromatic rings. The van der Waals surface area contributed by atoms with E-state index in [2.05, 4.69) is 0 Å². The van der Waals surface area contributed by atoms with E-state index in [4.69, 9.17) is 9.47 Å². The van der Waals surface area contributed by atoms with Crippen LogP contribution in [0.3, 0.4) is 0 Å². The average molecular weight is 407 g/mol. The summed E-state index contributed by atoms with van der Waals surface area (Å²) in [7, 11) is -3.08. The van der Waals surface area contributed by atoms with Crippen LogP contribution in [0.25, 0.3) is 6.08 Å². The first-order valence-electron chi connectivity index (χ1n) is 9.47. The Labute approximate surface area is 165 Å². The Kier molecular flexibility index (Phi) is 6.39. The summed E-state index contributed by atoms with van der Waals surface area (Å²) in [6, 6.07) is 7.01. The first kappa shape index (κ1) is 20.4. The fraction of sp³-hybridized carbons (Fsp3) is 0.500. The van der Waals surface area contributed by atoms with Crippen molar-refractivity contribution in [1.29, 1.82) is 0 Å². The molecule has 1 aliphatic heterocycles. The molecule has 0 radical (unpaired) electrons. The fourth-order valence-corrected chi connectivity index (χ4v) is 5.03. The van der Waals surface area contributed by atoms with Crippen molar-refractivity contribution in [2.45, 2.75) is 38.3 Å². The number of hydrogen-bond donors (Lipinski definition) is 0. The summed E-state index contributed by atoms with van der Waals surface area (Å²) < 4.78 is 33.9. The molecule has 0 unspecified atom stereocenters. The molecule has 1 heterocycles. The molecule has 1 atom stereocenters. The minimum atomic E-state index is -3.08. The highest BCUT2D eigenvalue weighted by Crippen LogP contribution is 2.32. The molecule has 7 nitrogen and oxygen atoms in total. The molecule has 1 amide bonds. The molecule has 0 bridgehead atoms. The van der Waals surface area contributed by atoms with Gasteiger partial charge in [0.2, 0.25) is 0 Å². The van der Waals surface area contributed by atoms with Gasteiger partial charge in [0, 0.05) is 18.2 Å². The van der Waals surface area contributed by atoms with E-state index in [1.165, 1.54) is 6.08 Å². The lowest BCUT2D eigenvalue weighted by Gasteiger charge is -2.28. The van der Waals surface area contributed by atoms with Gasteiger partial charge in [0.15, 0.2) is 16.4 Å². The minimum absolute atomic E-state index is 0.000823. The van der Waals surface area contributed by atoms with Crippen LogP contribution >= 0.6 is 0 Å². The molecule has 1 saturated heterocycles. The van der Waals surface area contributed by atoms with Crippen molar-refractivity contribution >= 4 is 27.8 Å². The molecule has 1 aliphatic carbocycles. The summed E-state index contributed by atoms with van der Waals surface area (Å²) in [6.07, 6.45) is 5.06. The second-order valence-electron chi connectivity index (χ2n) is 7.03. The van der Waals surface area contributed by atoms with E-state index < -0.39 is 15.8 Å². The minimum Gasteiger partial charge on any atom is -0.494 e. The van der Waals surface area contributed by atoms with Crippen LogP contribution in [0.15, 0.2) is 30.3 Å². The lowest BCUT2D eigenvalue weighted by atomic mass is 10.2. The zero-order chi connectivity index (χ0) is 20.1. The number of amides is 1. The second-order valence-corrected chi connectivity index (χ2v) is 9.26. The van der Waals surface area contributed by atoms with Crippen LogP contribution in [0.1, 0.15) is 31.7 Å². The third-order valence-corrected chi connectivity index (χ3v) is 6.52. The van der Waals surface area contributed by atoms with E-state index in [1.807, 2.05) is 19.1 Å². The molecular formula is C20H25NO6S. The van der Waals surface area contributed by atoms with Crippen molar-refractivity contribution in [3.05, 3.63) is 35.9 Å². The van der Waals surface area contributed by atoms with Gasteiger partial charge in [0.1, 0.15) is 5.75 Å². The zero-order valence-corrected chi connectivity index (χ0v) is 16.7. The van der Waals surface area contributed by atoms with Gasteiger partial charge in [0.05, 0.1) is 18.1 Å². The van der Waals surface area contributed by atoms with Crippen LogP contribution in [0.5, 0.6) is 5.75 Å². The van der Waals surface area contributed by atoms with Gasteiger partial charge in [-0.2, -0.15) is 0 Å². The predicted octanol–water partition coefficient (Wildman–Crippen LogP) is 1.82. The average Bonchev–Trinajstić information content (AvgIpc) is 3.42. The summed E-state index contributed by atoms with van der Waals surface area (Å²) in [5.74, 6) is -0.0778. The molecule has 0 N–H and O–H groups in total. The summed E-state index contributed by atoms with van der Waals surface area (Å²) in [6.45, 7) is 2.11. The lowest BCUT2D eigenvalue weighted by molar-refractivity contribution is -0.149. The zero-order valence-electron chi connectivity index (χ0n) is 15.9. The summed E-state index contributed by atoms with van der Waals surface area (Å²) in [5, 5.41) is 0. The predicted molar refractivity (Wildman–Crippen MR) is 105 cm³/mol. The van der Waals surface area contributed by atoms with Gasteiger partial charge in [-0.3, -0.25) is 4.79 Å². The molecule has 8 heteroatoms. The van der Waals surface area contributed by atoms with Crippen molar-refractivity contribution in [3.63, 3.8) is 0 Å². The monoisotopic (exact) mass is 407 g/mol. The molecule has 3 rings (SSSR count). The van der Waals surface area contributed by atoms with Crippen LogP contribution in [-0.2, 0) is 24.2 Å². The molecule has 2 aliphatic rings. The highest BCUT2D eigenvalue weighted by Gasteiger charge is 2.42. The Morgan fingerprint density at radius 2 is 1.86 bits per heavy atom. The van der Waals surface area contributed by atoms with Gasteiger partial charge in [-0.25, -0.2) is 13.2 Å². The molecule has 152 valence electrons. The van der Waals surface area contributed by atoms with Crippen LogP contribution in [0.4, 0.5) is 0 Å². The largest absolute Gasteiger partial charge is 0.494 e. The summed E-state index contributed by atoms with van der Waals surface area (Å²) in [5.41, 5.74) is 0.808. The molecule has 2 fully saturated rings. The molecular weight excluding hydrogens is 382 g/mol. The Bertz CT molecular complexity index is 842. The maximum absolute atomic E-state index is 12.5. The van der Waals surface area contributed by atoms with Crippen molar-refractivity contribution in [2.24, 2.45) is 0 Å². The number of hydrogen-bond acceptors (Lipinski definition) is 6. The van der Waals surface area contributed by atoms with Gasteiger partial charge in [-0.1, -0.05) is 12.1 Å². The SMILES string of the molecule is CCOc1ccc(/C=C/C(=O)OCC(=O)N(C2CC2)[C@@H]2CCS(=O)(=O)C2)cc1.